The van der Waals surface area contributed by atoms with Gasteiger partial charge in [-0.2, -0.15) is 0 Å². The summed E-state index contributed by atoms with van der Waals surface area (Å²) >= 11 is 0. The molecule has 0 saturated heterocycles. The van der Waals surface area contributed by atoms with Gasteiger partial charge in [0.05, 0.1) is 0 Å². The van der Waals surface area contributed by atoms with E-state index >= 15 is 0 Å². The van der Waals surface area contributed by atoms with Crippen LogP contribution in [0.15, 0.2) is 255 Å². The summed E-state index contributed by atoms with van der Waals surface area (Å²) in [4.78, 5) is 0. The maximum Gasteiger partial charge on any atom is -0.00201 e. The van der Waals surface area contributed by atoms with Crippen molar-refractivity contribution >= 4 is 64.6 Å². The summed E-state index contributed by atoms with van der Waals surface area (Å²) in [5.41, 5.74) is 14.8. The summed E-state index contributed by atoms with van der Waals surface area (Å²) in [5, 5.41) is 15.0. The van der Waals surface area contributed by atoms with E-state index in [1.54, 1.807) is 0 Å². The van der Waals surface area contributed by atoms with Crippen LogP contribution in [0.25, 0.3) is 131 Å². The highest BCUT2D eigenvalue weighted by molar-refractivity contribution is 6.24. The average Bonchev–Trinajstić information content (AvgIpc) is 3.39. The van der Waals surface area contributed by atoms with Gasteiger partial charge < -0.3 is 0 Å². The van der Waals surface area contributed by atoms with Crippen LogP contribution >= 0.6 is 0 Å². The fourth-order valence-corrected chi connectivity index (χ4v) is 10.8. The molecule has 0 spiro atoms. The van der Waals surface area contributed by atoms with Gasteiger partial charge in [-0.1, -0.05) is 237 Å². The normalized spacial score (nSPS) is 11.6. The second kappa shape index (κ2) is 15.6. The Kier molecular flexibility index (Phi) is 8.96. The first-order valence-electron chi connectivity index (χ1n) is 22.9. The van der Waals surface area contributed by atoms with Crippen LogP contribution in [-0.2, 0) is 0 Å². The number of hydrogen-bond acceptors (Lipinski definition) is 0. The Labute approximate surface area is 384 Å². The highest BCUT2D eigenvalue weighted by Crippen LogP contribution is 2.48. The maximum absolute atomic E-state index is 2.44. The van der Waals surface area contributed by atoms with E-state index in [4.69, 9.17) is 0 Å². The number of hydrogen-bond donors (Lipinski definition) is 0. The van der Waals surface area contributed by atoms with E-state index in [9.17, 15) is 0 Å². The fourth-order valence-electron chi connectivity index (χ4n) is 10.8. The standard InChI is InChI=1S/C66H42/c1-2-18-46(19-3-1)53-22-8-9-23-54(53)66-59-28-14-12-26-57(59)63(58-27-13-15-29-60(58)66)47-34-30-45(31-35-47)50-38-39-61-62(42-50)65(52-37-33-44-17-5-7-21-49(44)41-52)56-25-11-10-24-55(56)64(61)51-36-32-43-16-4-6-20-48(43)40-51/h1-42H. The molecule has 13 rings (SSSR count). The molecule has 306 valence electrons. The van der Waals surface area contributed by atoms with Gasteiger partial charge in [-0.3, -0.25) is 0 Å². The summed E-state index contributed by atoms with van der Waals surface area (Å²) in [5.74, 6) is 0. The van der Waals surface area contributed by atoms with Gasteiger partial charge in [-0.15, -0.1) is 0 Å². The molecule has 0 amide bonds. The Morgan fingerprint density at radius 2 is 0.515 bits per heavy atom. The van der Waals surface area contributed by atoms with Crippen molar-refractivity contribution in [3.63, 3.8) is 0 Å². The van der Waals surface area contributed by atoms with E-state index in [1.807, 2.05) is 0 Å². The van der Waals surface area contributed by atoms with Gasteiger partial charge >= 0.3 is 0 Å². The van der Waals surface area contributed by atoms with Crippen molar-refractivity contribution in [1.29, 1.82) is 0 Å². The minimum Gasteiger partial charge on any atom is -0.0622 e. The predicted octanol–water partition coefficient (Wildman–Crippen LogP) is 18.6. The topological polar surface area (TPSA) is 0 Å². The number of rotatable bonds is 6. The SMILES string of the molecule is c1ccc(-c2ccccc2-c2c3ccccc3c(-c3ccc(-c4ccc5c(-c6ccc7ccccc7c6)c6ccccc6c(-c6ccc7ccccc7c6)c5c4)cc3)c3ccccc23)cc1. The zero-order valence-electron chi connectivity index (χ0n) is 36.2. The molecule has 0 heteroatoms. The van der Waals surface area contributed by atoms with E-state index in [1.165, 1.54) is 131 Å². The highest BCUT2D eigenvalue weighted by Gasteiger charge is 2.21. The zero-order valence-corrected chi connectivity index (χ0v) is 36.2. The molecular formula is C66H42. The molecule has 0 aromatic heterocycles. The first-order chi connectivity index (χ1) is 32.7. The molecule has 0 saturated carbocycles. The summed E-state index contributed by atoms with van der Waals surface area (Å²) in [6.07, 6.45) is 0. The second-order valence-corrected chi connectivity index (χ2v) is 17.5. The van der Waals surface area contributed by atoms with E-state index in [2.05, 4.69) is 255 Å². The van der Waals surface area contributed by atoms with E-state index in [0.29, 0.717) is 0 Å². The van der Waals surface area contributed by atoms with Crippen LogP contribution in [-0.4, -0.2) is 0 Å². The zero-order chi connectivity index (χ0) is 43.6. The van der Waals surface area contributed by atoms with Crippen molar-refractivity contribution in [1.82, 2.24) is 0 Å². The molecule has 0 unspecified atom stereocenters. The summed E-state index contributed by atoms with van der Waals surface area (Å²) in [7, 11) is 0. The molecule has 0 aliphatic rings. The van der Waals surface area contributed by atoms with Crippen LogP contribution in [0.4, 0.5) is 0 Å². The van der Waals surface area contributed by atoms with Gasteiger partial charge in [0.15, 0.2) is 0 Å². The van der Waals surface area contributed by atoms with Gasteiger partial charge in [-0.25, -0.2) is 0 Å². The minimum absolute atomic E-state index is 1.19. The van der Waals surface area contributed by atoms with Gasteiger partial charge in [0, 0.05) is 0 Å². The first kappa shape index (κ1) is 37.9. The second-order valence-electron chi connectivity index (χ2n) is 17.5. The van der Waals surface area contributed by atoms with E-state index < -0.39 is 0 Å². The summed E-state index contributed by atoms with van der Waals surface area (Å²) < 4.78 is 0. The molecule has 0 radical (unpaired) electrons. The minimum atomic E-state index is 1.19. The van der Waals surface area contributed by atoms with Crippen LogP contribution < -0.4 is 0 Å². The lowest BCUT2D eigenvalue weighted by atomic mass is 9.83. The maximum atomic E-state index is 2.44. The molecule has 66 heavy (non-hydrogen) atoms. The van der Waals surface area contributed by atoms with Crippen molar-refractivity contribution in [2.45, 2.75) is 0 Å². The van der Waals surface area contributed by atoms with Crippen LogP contribution in [0.5, 0.6) is 0 Å². The van der Waals surface area contributed by atoms with Crippen LogP contribution in [0.3, 0.4) is 0 Å². The summed E-state index contributed by atoms with van der Waals surface area (Å²) in [6, 6.07) is 94.2. The molecule has 0 aliphatic carbocycles. The molecular weight excluding hydrogens is 793 g/mol. The van der Waals surface area contributed by atoms with Gasteiger partial charge in [0.2, 0.25) is 0 Å². The lowest BCUT2D eigenvalue weighted by molar-refractivity contribution is 1.60. The van der Waals surface area contributed by atoms with Crippen molar-refractivity contribution in [2.75, 3.05) is 0 Å². The molecule has 13 aromatic carbocycles. The quantitative estimate of drug-likeness (QED) is 0.146. The smallest absolute Gasteiger partial charge is 0.00201 e. The Balaban J connectivity index is 1.00. The van der Waals surface area contributed by atoms with Crippen molar-refractivity contribution in [3.05, 3.63) is 255 Å². The van der Waals surface area contributed by atoms with E-state index in [-0.39, 0.29) is 0 Å². The third kappa shape index (κ3) is 6.22. The Morgan fingerprint density at radius 3 is 1.06 bits per heavy atom. The molecule has 0 bridgehead atoms. The number of fused-ring (bicyclic) bond motifs is 6. The Hall–Kier alpha value is -8.58. The Morgan fingerprint density at radius 1 is 0.152 bits per heavy atom. The lowest BCUT2D eigenvalue weighted by Crippen LogP contribution is -1.93. The molecule has 13 aromatic rings. The largest absolute Gasteiger partial charge is 0.0622 e. The van der Waals surface area contributed by atoms with Crippen LogP contribution in [0.1, 0.15) is 0 Å². The summed E-state index contributed by atoms with van der Waals surface area (Å²) in [6.45, 7) is 0. The lowest BCUT2D eigenvalue weighted by Gasteiger charge is -2.20. The van der Waals surface area contributed by atoms with Crippen molar-refractivity contribution in [2.24, 2.45) is 0 Å². The third-order valence-electron chi connectivity index (χ3n) is 13.8. The van der Waals surface area contributed by atoms with Crippen LogP contribution in [0, 0.1) is 0 Å². The number of benzene rings is 13. The molecule has 0 heterocycles. The van der Waals surface area contributed by atoms with Crippen LogP contribution in [0.2, 0.25) is 0 Å². The highest BCUT2D eigenvalue weighted by atomic mass is 14.2. The van der Waals surface area contributed by atoms with Crippen molar-refractivity contribution in [3.8, 4) is 66.8 Å². The first-order valence-corrected chi connectivity index (χ1v) is 22.9. The monoisotopic (exact) mass is 834 g/mol. The molecule has 0 atom stereocenters. The Bertz CT molecular complexity index is 3970. The van der Waals surface area contributed by atoms with Gasteiger partial charge in [0.1, 0.15) is 0 Å². The fraction of sp³-hybridized carbons (Fsp3) is 0. The molecule has 0 nitrogen and oxygen atoms in total. The molecule has 0 N–H and O–H groups in total. The molecule has 0 aliphatic heterocycles. The average molecular weight is 835 g/mol. The van der Waals surface area contributed by atoms with E-state index in [0.717, 1.165) is 0 Å². The van der Waals surface area contributed by atoms with Gasteiger partial charge in [0.25, 0.3) is 0 Å². The molecule has 0 fully saturated rings. The van der Waals surface area contributed by atoms with Gasteiger partial charge in [-0.05, 0) is 150 Å². The van der Waals surface area contributed by atoms with Crippen molar-refractivity contribution < 1.29 is 0 Å². The predicted molar refractivity (Wildman–Crippen MR) is 284 cm³/mol. The third-order valence-corrected chi connectivity index (χ3v) is 13.8.